The van der Waals surface area contributed by atoms with Crippen molar-refractivity contribution in [1.29, 1.82) is 0 Å². The Morgan fingerprint density at radius 2 is 2.25 bits per heavy atom. The molecule has 1 aliphatic heterocycles. The molecule has 2 atom stereocenters. The molecule has 1 aromatic rings. The maximum Gasteiger partial charge on any atom is 0.121 e. The van der Waals surface area contributed by atoms with Crippen LogP contribution in [0.4, 0.5) is 0 Å². The van der Waals surface area contributed by atoms with Crippen molar-refractivity contribution in [2.45, 2.75) is 51.7 Å². The van der Waals surface area contributed by atoms with Gasteiger partial charge in [0.15, 0.2) is 0 Å². The lowest BCUT2D eigenvalue weighted by Crippen LogP contribution is -2.41. The number of ether oxygens (including phenoxy) is 2. The Balaban J connectivity index is 2.28. The predicted octanol–water partition coefficient (Wildman–Crippen LogP) is 3.61. The molecule has 0 aromatic heterocycles. The Kier molecular flexibility index (Phi) is 5.06. The minimum atomic E-state index is -0.101. The SMILES string of the molecule is CCCNC(c1ccc(OC)c(C)c1)C1(C)CCCO1. The van der Waals surface area contributed by atoms with Gasteiger partial charge in [-0.05, 0) is 56.8 Å². The molecule has 3 heteroatoms. The zero-order valence-corrected chi connectivity index (χ0v) is 13.2. The first-order valence-corrected chi connectivity index (χ1v) is 7.62. The van der Waals surface area contributed by atoms with E-state index in [0.29, 0.717) is 0 Å². The van der Waals surface area contributed by atoms with Crippen LogP contribution in [-0.2, 0) is 4.74 Å². The third-order valence-corrected chi connectivity index (χ3v) is 4.21. The maximum atomic E-state index is 6.06. The number of aryl methyl sites for hydroxylation is 1. The van der Waals surface area contributed by atoms with Crippen LogP contribution in [-0.4, -0.2) is 25.9 Å². The van der Waals surface area contributed by atoms with E-state index in [1.807, 2.05) is 0 Å². The summed E-state index contributed by atoms with van der Waals surface area (Å²) in [6, 6.07) is 6.68. The van der Waals surface area contributed by atoms with E-state index in [2.05, 4.69) is 44.3 Å². The molecule has 0 amide bonds. The Bertz CT molecular complexity index is 439. The van der Waals surface area contributed by atoms with E-state index in [4.69, 9.17) is 9.47 Å². The van der Waals surface area contributed by atoms with Gasteiger partial charge in [-0.2, -0.15) is 0 Å². The monoisotopic (exact) mass is 277 g/mol. The zero-order valence-electron chi connectivity index (χ0n) is 13.2. The standard InChI is InChI=1S/C17H27NO2/c1-5-10-18-16(17(3)9-6-11-20-17)14-7-8-15(19-4)13(2)12-14/h7-8,12,16,18H,5-6,9-11H2,1-4H3. The summed E-state index contributed by atoms with van der Waals surface area (Å²) in [7, 11) is 1.72. The van der Waals surface area contributed by atoms with E-state index in [1.165, 1.54) is 11.1 Å². The molecule has 1 fully saturated rings. The van der Waals surface area contributed by atoms with Gasteiger partial charge in [-0.1, -0.05) is 19.1 Å². The smallest absolute Gasteiger partial charge is 0.121 e. The highest BCUT2D eigenvalue weighted by Gasteiger charge is 2.39. The van der Waals surface area contributed by atoms with Crippen LogP contribution in [0, 0.1) is 6.92 Å². The summed E-state index contributed by atoms with van der Waals surface area (Å²) in [5.74, 6) is 0.945. The van der Waals surface area contributed by atoms with E-state index >= 15 is 0 Å². The first kappa shape index (κ1) is 15.3. The molecular weight excluding hydrogens is 250 g/mol. The Morgan fingerprint density at radius 1 is 1.45 bits per heavy atom. The van der Waals surface area contributed by atoms with Gasteiger partial charge in [-0.25, -0.2) is 0 Å². The number of benzene rings is 1. The van der Waals surface area contributed by atoms with Gasteiger partial charge in [0.2, 0.25) is 0 Å². The second kappa shape index (κ2) is 6.59. The molecule has 0 spiro atoms. The fourth-order valence-corrected chi connectivity index (χ4v) is 3.08. The summed E-state index contributed by atoms with van der Waals surface area (Å²) < 4.78 is 11.4. The van der Waals surface area contributed by atoms with Gasteiger partial charge in [-0.15, -0.1) is 0 Å². The van der Waals surface area contributed by atoms with E-state index < -0.39 is 0 Å². The number of hydrogen-bond donors (Lipinski definition) is 1. The first-order chi connectivity index (χ1) is 9.60. The molecule has 1 aliphatic rings. The molecule has 2 unspecified atom stereocenters. The van der Waals surface area contributed by atoms with Gasteiger partial charge < -0.3 is 14.8 Å². The van der Waals surface area contributed by atoms with Crippen molar-refractivity contribution in [3.8, 4) is 5.75 Å². The lowest BCUT2D eigenvalue weighted by molar-refractivity contribution is -0.0124. The van der Waals surface area contributed by atoms with E-state index in [0.717, 1.165) is 38.2 Å². The van der Waals surface area contributed by atoms with Gasteiger partial charge in [0.05, 0.1) is 18.8 Å². The fourth-order valence-electron chi connectivity index (χ4n) is 3.08. The van der Waals surface area contributed by atoms with Crippen LogP contribution in [0.15, 0.2) is 18.2 Å². The van der Waals surface area contributed by atoms with Crippen molar-refractivity contribution in [3.63, 3.8) is 0 Å². The zero-order chi connectivity index (χ0) is 14.6. The maximum absolute atomic E-state index is 6.06. The van der Waals surface area contributed by atoms with Crippen LogP contribution in [0.5, 0.6) is 5.75 Å². The van der Waals surface area contributed by atoms with Crippen molar-refractivity contribution < 1.29 is 9.47 Å². The average Bonchev–Trinajstić information content (AvgIpc) is 2.87. The van der Waals surface area contributed by atoms with Gasteiger partial charge >= 0.3 is 0 Å². The molecule has 0 saturated carbocycles. The average molecular weight is 277 g/mol. The summed E-state index contributed by atoms with van der Waals surface area (Å²) in [4.78, 5) is 0. The summed E-state index contributed by atoms with van der Waals surface area (Å²) in [6.45, 7) is 8.40. The third kappa shape index (κ3) is 3.15. The molecular formula is C17H27NO2. The normalized spacial score (nSPS) is 23.8. The van der Waals surface area contributed by atoms with Crippen LogP contribution in [0.2, 0.25) is 0 Å². The van der Waals surface area contributed by atoms with Crippen LogP contribution in [0.1, 0.15) is 50.3 Å². The lowest BCUT2D eigenvalue weighted by atomic mass is 9.87. The highest BCUT2D eigenvalue weighted by Crippen LogP contribution is 2.38. The number of hydrogen-bond acceptors (Lipinski definition) is 3. The van der Waals surface area contributed by atoms with Crippen LogP contribution >= 0.6 is 0 Å². The number of nitrogens with one attached hydrogen (secondary N) is 1. The number of methoxy groups -OCH3 is 1. The van der Waals surface area contributed by atoms with Crippen molar-refractivity contribution in [3.05, 3.63) is 29.3 Å². The van der Waals surface area contributed by atoms with E-state index in [9.17, 15) is 0 Å². The Hall–Kier alpha value is -1.06. The molecule has 1 N–H and O–H groups in total. The highest BCUT2D eigenvalue weighted by molar-refractivity contribution is 5.38. The molecule has 0 aliphatic carbocycles. The summed E-state index contributed by atoms with van der Waals surface area (Å²) in [6.07, 6.45) is 3.39. The summed E-state index contributed by atoms with van der Waals surface area (Å²) in [5.41, 5.74) is 2.37. The predicted molar refractivity (Wildman–Crippen MR) is 82.4 cm³/mol. The first-order valence-electron chi connectivity index (χ1n) is 7.62. The molecule has 2 rings (SSSR count). The molecule has 1 aromatic carbocycles. The molecule has 112 valence electrons. The highest BCUT2D eigenvalue weighted by atomic mass is 16.5. The Labute approximate surface area is 122 Å². The molecule has 3 nitrogen and oxygen atoms in total. The van der Waals surface area contributed by atoms with Gasteiger partial charge in [0, 0.05) is 6.61 Å². The van der Waals surface area contributed by atoms with Crippen LogP contribution in [0.25, 0.3) is 0 Å². The summed E-state index contributed by atoms with van der Waals surface area (Å²) >= 11 is 0. The fraction of sp³-hybridized carbons (Fsp3) is 0.647. The molecule has 1 saturated heterocycles. The Morgan fingerprint density at radius 3 is 2.80 bits per heavy atom. The van der Waals surface area contributed by atoms with Crippen molar-refractivity contribution in [2.75, 3.05) is 20.3 Å². The minimum Gasteiger partial charge on any atom is -0.496 e. The second-order valence-electron chi connectivity index (χ2n) is 5.88. The summed E-state index contributed by atoms with van der Waals surface area (Å²) in [5, 5.41) is 3.67. The molecule has 0 bridgehead atoms. The van der Waals surface area contributed by atoms with E-state index in [-0.39, 0.29) is 11.6 Å². The van der Waals surface area contributed by atoms with Crippen molar-refractivity contribution in [1.82, 2.24) is 5.32 Å². The minimum absolute atomic E-state index is 0.101. The number of rotatable bonds is 6. The van der Waals surface area contributed by atoms with Crippen molar-refractivity contribution in [2.24, 2.45) is 0 Å². The van der Waals surface area contributed by atoms with Crippen LogP contribution in [0.3, 0.4) is 0 Å². The van der Waals surface area contributed by atoms with Gasteiger partial charge in [-0.3, -0.25) is 0 Å². The third-order valence-electron chi connectivity index (χ3n) is 4.21. The van der Waals surface area contributed by atoms with E-state index in [1.54, 1.807) is 7.11 Å². The second-order valence-corrected chi connectivity index (χ2v) is 5.88. The molecule has 1 heterocycles. The molecule has 20 heavy (non-hydrogen) atoms. The molecule has 0 radical (unpaired) electrons. The van der Waals surface area contributed by atoms with Gasteiger partial charge in [0.1, 0.15) is 5.75 Å². The van der Waals surface area contributed by atoms with Gasteiger partial charge in [0.25, 0.3) is 0 Å². The quantitative estimate of drug-likeness (QED) is 0.861. The topological polar surface area (TPSA) is 30.5 Å². The largest absolute Gasteiger partial charge is 0.496 e. The van der Waals surface area contributed by atoms with Crippen molar-refractivity contribution >= 4 is 0 Å². The lowest BCUT2D eigenvalue weighted by Gasteiger charge is -2.35. The van der Waals surface area contributed by atoms with Crippen LogP contribution < -0.4 is 10.1 Å².